The van der Waals surface area contributed by atoms with Crippen molar-refractivity contribution in [3.05, 3.63) is 53.2 Å². The number of hydrogen-bond acceptors (Lipinski definition) is 6. The molecule has 0 bridgehead atoms. The first kappa shape index (κ1) is 27.4. The van der Waals surface area contributed by atoms with Gasteiger partial charge in [-0.15, -0.1) is 0 Å². The Balaban J connectivity index is 1.58. The number of para-hydroxylation sites is 1. The van der Waals surface area contributed by atoms with Crippen LogP contribution in [0.15, 0.2) is 30.5 Å². The second kappa shape index (κ2) is 11.8. The van der Waals surface area contributed by atoms with E-state index < -0.39 is 29.8 Å². The number of carbonyl (C=O) groups excluding carboxylic acids is 2. The van der Waals surface area contributed by atoms with Gasteiger partial charge in [0.1, 0.15) is 11.7 Å². The summed E-state index contributed by atoms with van der Waals surface area (Å²) in [6, 6.07) is 7.33. The average molecular weight is 524 g/mol. The Labute approximate surface area is 222 Å². The Bertz CT molecular complexity index is 1300. The van der Waals surface area contributed by atoms with E-state index in [0.29, 0.717) is 17.9 Å². The van der Waals surface area contributed by atoms with Crippen LogP contribution < -0.4 is 10.8 Å². The predicted molar refractivity (Wildman–Crippen MR) is 142 cm³/mol. The van der Waals surface area contributed by atoms with E-state index in [1.165, 1.54) is 6.42 Å². The first-order valence-electron chi connectivity index (χ1n) is 13.2. The largest absolute Gasteiger partial charge is 0.476 e. The van der Waals surface area contributed by atoms with Crippen molar-refractivity contribution in [3.8, 4) is 0 Å². The van der Waals surface area contributed by atoms with E-state index in [9.17, 15) is 19.5 Å². The summed E-state index contributed by atoms with van der Waals surface area (Å²) in [5, 5.41) is 13.5. The number of aromatic amines is 1. The molecule has 1 saturated carbocycles. The predicted octanol–water partition coefficient (Wildman–Crippen LogP) is 3.96. The number of aromatic nitrogens is 3. The number of nitrogens with zero attached hydrogens (tertiary/aromatic N) is 2. The highest BCUT2D eigenvalue weighted by molar-refractivity contribution is 5.98. The maximum atomic E-state index is 13.5. The number of hydroxylamine groups is 1. The van der Waals surface area contributed by atoms with Crippen LogP contribution in [0.25, 0.3) is 10.9 Å². The van der Waals surface area contributed by atoms with Crippen LogP contribution in [0.2, 0.25) is 0 Å². The van der Waals surface area contributed by atoms with Crippen molar-refractivity contribution in [2.45, 2.75) is 71.4 Å². The van der Waals surface area contributed by atoms with Gasteiger partial charge in [0.15, 0.2) is 5.69 Å². The number of hydrogen-bond donors (Lipinski definition) is 4. The van der Waals surface area contributed by atoms with Crippen LogP contribution in [0.5, 0.6) is 0 Å². The van der Waals surface area contributed by atoms with Crippen LogP contribution in [0.1, 0.15) is 79.6 Å². The lowest BCUT2D eigenvalue weighted by molar-refractivity contribution is -0.163. The van der Waals surface area contributed by atoms with Gasteiger partial charge in [0.25, 0.3) is 0 Å². The van der Waals surface area contributed by atoms with E-state index in [1.807, 2.05) is 42.1 Å². The fraction of sp³-hybridized carbons (Fsp3) is 0.500. The van der Waals surface area contributed by atoms with Crippen LogP contribution >= 0.6 is 0 Å². The van der Waals surface area contributed by atoms with E-state index in [4.69, 9.17) is 4.84 Å². The SMILES string of the molecule is Cc1[nH]c([C@@H](Cc2cn(C)c3ccccc23)NC(=O)[C@@H](C(=O)ONC2CCCCC2)C(C)C)nc1C(=O)O. The quantitative estimate of drug-likeness (QED) is 0.233. The molecule has 0 saturated heterocycles. The van der Waals surface area contributed by atoms with E-state index in [2.05, 4.69) is 20.8 Å². The van der Waals surface area contributed by atoms with Gasteiger partial charge in [-0.3, -0.25) is 4.79 Å². The number of imidazole rings is 1. The van der Waals surface area contributed by atoms with E-state index >= 15 is 0 Å². The lowest BCUT2D eigenvalue weighted by Gasteiger charge is -2.25. The number of carbonyl (C=O) groups is 3. The molecule has 3 aromatic rings. The summed E-state index contributed by atoms with van der Waals surface area (Å²) in [4.78, 5) is 50.9. The molecule has 204 valence electrons. The van der Waals surface area contributed by atoms with Crippen LogP contribution in [-0.2, 0) is 27.9 Å². The number of nitrogens with one attached hydrogen (secondary N) is 3. The fourth-order valence-electron chi connectivity index (χ4n) is 5.25. The number of carboxylic acid groups (broad SMARTS) is 1. The molecule has 2 aromatic heterocycles. The molecule has 2 heterocycles. The summed E-state index contributed by atoms with van der Waals surface area (Å²) in [6.07, 6.45) is 7.54. The van der Waals surface area contributed by atoms with Crippen molar-refractivity contribution >= 4 is 28.7 Å². The molecule has 10 nitrogen and oxygen atoms in total. The molecule has 2 atom stereocenters. The Morgan fingerprint density at radius 1 is 1.18 bits per heavy atom. The smallest absolute Gasteiger partial charge is 0.356 e. The minimum Gasteiger partial charge on any atom is -0.476 e. The van der Waals surface area contributed by atoms with Gasteiger partial charge in [-0.25, -0.2) is 14.6 Å². The van der Waals surface area contributed by atoms with E-state index in [1.54, 1.807) is 20.8 Å². The first-order valence-corrected chi connectivity index (χ1v) is 13.2. The molecule has 4 rings (SSSR count). The van der Waals surface area contributed by atoms with Gasteiger partial charge in [-0.2, -0.15) is 5.48 Å². The maximum absolute atomic E-state index is 13.5. The Morgan fingerprint density at radius 3 is 2.55 bits per heavy atom. The molecule has 1 aliphatic carbocycles. The van der Waals surface area contributed by atoms with E-state index in [0.717, 1.165) is 42.1 Å². The lowest BCUT2D eigenvalue weighted by Crippen LogP contribution is -2.44. The first-order chi connectivity index (χ1) is 18.2. The van der Waals surface area contributed by atoms with Crippen molar-refractivity contribution in [1.29, 1.82) is 0 Å². The number of fused-ring (bicyclic) bond motifs is 1. The fourth-order valence-corrected chi connectivity index (χ4v) is 5.25. The Kier molecular flexibility index (Phi) is 8.51. The number of benzene rings is 1. The highest BCUT2D eigenvalue weighted by Gasteiger charge is 2.35. The second-order valence-corrected chi connectivity index (χ2v) is 10.5. The number of amides is 1. The van der Waals surface area contributed by atoms with Crippen molar-refractivity contribution in [2.75, 3.05) is 0 Å². The molecule has 4 N–H and O–H groups in total. The lowest BCUT2D eigenvalue weighted by atomic mass is 9.94. The normalized spacial score (nSPS) is 15.9. The molecule has 1 aliphatic rings. The number of rotatable bonds is 10. The van der Waals surface area contributed by atoms with Crippen molar-refractivity contribution in [2.24, 2.45) is 18.9 Å². The van der Waals surface area contributed by atoms with Gasteiger partial charge in [0.05, 0.1) is 6.04 Å². The van der Waals surface area contributed by atoms with Crippen LogP contribution in [0.4, 0.5) is 0 Å². The number of carboxylic acids is 1. The third-order valence-corrected chi connectivity index (χ3v) is 7.29. The van der Waals surface area contributed by atoms with Crippen molar-refractivity contribution < 1.29 is 24.3 Å². The molecule has 1 amide bonds. The zero-order valence-corrected chi connectivity index (χ0v) is 22.4. The monoisotopic (exact) mass is 523 g/mol. The standard InChI is InChI=1S/C28H37N5O5/c1-16(2)23(28(37)38-32-19-10-6-5-7-11-19)26(34)30-21(25-29-17(3)24(31-25)27(35)36)14-18-15-33(4)22-13-9-8-12-20(18)22/h8-9,12-13,15-16,19,21,23,32H,5-7,10-11,14H2,1-4H3,(H,29,31)(H,30,34)(H,35,36)/t21-,23+/m1/s1. The summed E-state index contributed by atoms with van der Waals surface area (Å²) in [6.45, 7) is 5.22. The van der Waals surface area contributed by atoms with Gasteiger partial charge in [-0.1, -0.05) is 51.3 Å². The van der Waals surface area contributed by atoms with Gasteiger partial charge < -0.3 is 24.8 Å². The highest BCUT2D eigenvalue weighted by Crippen LogP contribution is 2.27. The minimum atomic E-state index is -1.15. The Morgan fingerprint density at radius 2 is 1.89 bits per heavy atom. The van der Waals surface area contributed by atoms with Gasteiger partial charge in [0, 0.05) is 42.3 Å². The van der Waals surface area contributed by atoms with Gasteiger partial charge in [-0.05, 0) is 37.3 Å². The summed E-state index contributed by atoms with van der Waals surface area (Å²) in [5.41, 5.74) is 5.15. The molecule has 10 heteroatoms. The summed E-state index contributed by atoms with van der Waals surface area (Å²) in [5.74, 6) is -3.33. The molecule has 1 fully saturated rings. The zero-order valence-electron chi connectivity index (χ0n) is 22.4. The zero-order chi connectivity index (χ0) is 27.4. The highest BCUT2D eigenvalue weighted by atomic mass is 16.7. The summed E-state index contributed by atoms with van der Waals surface area (Å²) in [7, 11) is 1.95. The van der Waals surface area contributed by atoms with Crippen molar-refractivity contribution in [3.63, 3.8) is 0 Å². The van der Waals surface area contributed by atoms with Crippen molar-refractivity contribution in [1.82, 2.24) is 25.3 Å². The van der Waals surface area contributed by atoms with Crippen LogP contribution in [-0.4, -0.2) is 43.5 Å². The molecule has 38 heavy (non-hydrogen) atoms. The topological polar surface area (TPSA) is 138 Å². The molecule has 0 spiro atoms. The molecule has 1 aromatic carbocycles. The van der Waals surface area contributed by atoms with Crippen LogP contribution in [0.3, 0.4) is 0 Å². The molecular weight excluding hydrogens is 486 g/mol. The number of aromatic carboxylic acids is 1. The Hall–Kier alpha value is -3.66. The molecular formula is C28H37N5O5. The average Bonchev–Trinajstić information content (AvgIpc) is 3.43. The van der Waals surface area contributed by atoms with E-state index in [-0.39, 0.29) is 17.7 Å². The van der Waals surface area contributed by atoms with Gasteiger partial charge >= 0.3 is 11.9 Å². The molecule has 0 aliphatic heterocycles. The molecule has 0 unspecified atom stereocenters. The summed E-state index contributed by atoms with van der Waals surface area (Å²) < 4.78 is 2.00. The number of H-pyrrole nitrogens is 1. The van der Waals surface area contributed by atoms with Crippen LogP contribution in [0, 0.1) is 18.8 Å². The second-order valence-electron chi connectivity index (χ2n) is 10.5. The number of aryl methyl sites for hydroxylation is 2. The molecule has 0 radical (unpaired) electrons. The minimum absolute atomic E-state index is 0.100. The van der Waals surface area contributed by atoms with Gasteiger partial charge in [0.2, 0.25) is 5.91 Å². The third-order valence-electron chi connectivity index (χ3n) is 7.29. The third kappa shape index (κ3) is 6.07. The maximum Gasteiger partial charge on any atom is 0.356 e. The summed E-state index contributed by atoms with van der Waals surface area (Å²) >= 11 is 0.